The van der Waals surface area contributed by atoms with Crippen molar-refractivity contribution in [2.24, 2.45) is 0 Å². The van der Waals surface area contributed by atoms with Crippen LogP contribution in [0.2, 0.25) is 0 Å². The third-order valence-corrected chi connectivity index (χ3v) is 5.50. The second-order valence-electron chi connectivity index (χ2n) is 3.16. The molecular weight excluding hydrogens is 128 g/mol. The van der Waals surface area contributed by atoms with Gasteiger partial charge in [-0.3, -0.25) is 0 Å². The maximum absolute atomic E-state index is 2.43. The Balaban J connectivity index is 2.41. The summed E-state index contributed by atoms with van der Waals surface area (Å²) < 4.78 is 0. The van der Waals surface area contributed by atoms with E-state index in [0.717, 1.165) is 21.4 Å². The van der Waals surface area contributed by atoms with E-state index in [9.17, 15) is 0 Å². The summed E-state index contributed by atoms with van der Waals surface area (Å²) in [5.74, 6) is 0. The number of hydrogen-bond acceptors (Lipinski definition) is 0. The Hall–Kier alpha value is 0.350. The van der Waals surface area contributed by atoms with Gasteiger partial charge in [-0.05, 0) is 44.0 Å². The quantitative estimate of drug-likeness (QED) is 0.458. The van der Waals surface area contributed by atoms with Crippen LogP contribution in [0.15, 0.2) is 0 Å². The smallest absolute Gasteiger partial charge is 0.0438 e. The molecule has 0 aliphatic carbocycles. The molecule has 0 aromatic rings. The Morgan fingerprint density at radius 3 is 1.89 bits per heavy atom. The molecule has 0 radical (unpaired) electrons. The molecule has 9 heavy (non-hydrogen) atoms. The maximum atomic E-state index is 2.43. The van der Waals surface area contributed by atoms with Crippen LogP contribution in [0.4, 0.5) is 0 Å². The monoisotopic (exact) mass is 145 g/mol. The molecule has 0 aromatic heterocycles. The number of rotatable bonds is 0. The van der Waals surface area contributed by atoms with Gasteiger partial charge in [-0.1, -0.05) is 0 Å². The van der Waals surface area contributed by atoms with E-state index in [-0.39, 0.29) is 0 Å². The molecular formula is C8H17S+. The lowest BCUT2D eigenvalue weighted by Crippen LogP contribution is -2.31. The van der Waals surface area contributed by atoms with Crippen LogP contribution in [-0.4, -0.2) is 16.8 Å². The Bertz CT molecular complexity index is 80.6. The van der Waals surface area contributed by atoms with E-state index in [2.05, 4.69) is 20.1 Å². The van der Waals surface area contributed by atoms with Crippen LogP contribution >= 0.6 is 0 Å². The highest BCUT2D eigenvalue weighted by molar-refractivity contribution is 7.97. The van der Waals surface area contributed by atoms with Crippen LogP contribution < -0.4 is 0 Å². The van der Waals surface area contributed by atoms with E-state index in [4.69, 9.17) is 0 Å². The lowest BCUT2D eigenvalue weighted by molar-refractivity contribution is 0.633. The second-order valence-corrected chi connectivity index (χ2v) is 5.98. The predicted molar refractivity (Wildman–Crippen MR) is 46.1 cm³/mol. The van der Waals surface area contributed by atoms with Crippen molar-refractivity contribution in [2.45, 2.75) is 43.6 Å². The molecule has 0 N–H and O–H groups in total. The summed E-state index contributed by atoms with van der Waals surface area (Å²) in [5.41, 5.74) is 0. The molecule has 0 saturated carbocycles. The summed E-state index contributed by atoms with van der Waals surface area (Å²) in [5, 5.41) is 2.02. The van der Waals surface area contributed by atoms with E-state index in [1.54, 1.807) is 0 Å². The average molecular weight is 145 g/mol. The summed E-state index contributed by atoms with van der Waals surface area (Å²) in [6.07, 6.45) is 6.85. The highest BCUT2D eigenvalue weighted by Crippen LogP contribution is 2.24. The molecule has 1 rings (SSSR count). The van der Waals surface area contributed by atoms with Crippen molar-refractivity contribution in [2.75, 3.05) is 6.26 Å². The standard InChI is InChI=1S/C8H17S/c1-7-5-4-6-8(2)9(7)3/h7-8H,4-6H2,1-3H3/q+1. The minimum absolute atomic E-state index is 0.720. The molecule has 2 atom stereocenters. The lowest BCUT2D eigenvalue weighted by Gasteiger charge is -2.22. The largest absolute Gasteiger partial charge is 0.115 e. The van der Waals surface area contributed by atoms with Gasteiger partial charge in [0.15, 0.2) is 0 Å². The van der Waals surface area contributed by atoms with Crippen LogP contribution in [0.25, 0.3) is 0 Å². The summed E-state index contributed by atoms with van der Waals surface area (Å²) >= 11 is 0. The van der Waals surface area contributed by atoms with Crippen LogP contribution in [0, 0.1) is 0 Å². The highest BCUT2D eigenvalue weighted by Gasteiger charge is 2.31. The molecule has 0 nitrogen and oxygen atoms in total. The van der Waals surface area contributed by atoms with Crippen LogP contribution in [0.5, 0.6) is 0 Å². The lowest BCUT2D eigenvalue weighted by atomic mass is 10.1. The van der Waals surface area contributed by atoms with Gasteiger partial charge in [0, 0.05) is 0 Å². The fourth-order valence-corrected chi connectivity index (χ4v) is 3.33. The predicted octanol–water partition coefficient (Wildman–Crippen LogP) is 2.20. The first kappa shape index (κ1) is 7.46. The van der Waals surface area contributed by atoms with Crippen molar-refractivity contribution in [1.82, 2.24) is 0 Å². The van der Waals surface area contributed by atoms with Crippen LogP contribution in [-0.2, 0) is 10.9 Å². The van der Waals surface area contributed by atoms with Crippen molar-refractivity contribution in [3.63, 3.8) is 0 Å². The normalized spacial score (nSPS) is 45.0. The third-order valence-electron chi connectivity index (χ3n) is 2.49. The van der Waals surface area contributed by atoms with Gasteiger partial charge in [0.1, 0.15) is 10.5 Å². The Labute approximate surface area is 61.4 Å². The van der Waals surface area contributed by atoms with Crippen LogP contribution in [0.3, 0.4) is 0 Å². The van der Waals surface area contributed by atoms with E-state index in [1.807, 2.05) is 0 Å². The van der Waals surface area contributed by atoms with E-state index >= 15 is 0 Å². The van der Waals surface area contributed by atoms with Gasteiger partial charge in [0.25, 0.3) is 0 Å². The zero-order chi connectivity index (χ0) is 6.85. The molecule has 1 saturated heterocycles. The first-order valence-corrected chi connectivity index (χ1v) is 5.61. The molecule has 1 aliphatic heterocycles. The van der Waals surface area contributed by atoms with Gasteiger partial charge in [-0.2, -0.15) is 0 Å². The summed E-state index contributed by atoms with van der Waals surface area (Å²) in [7, 11) is 0.720. The minimum Gasteiger partial charge on any atom is -0.0438 e. The molecule has 0 aromatic carbocycles. The van der Waals surface area contributed by atoms with Crippen molar-refractivity contribution < 1.29 is 0 Å². The zero-order valence-electron chi connectivity index (χ0n) is 6.68. The molecule has 54 valence electrons. The van der Waals surface area contributed by atoms with Gasteiger partial charge in [0.2, 0.25) is 0 Å². The molecule has 1 aliphatic rings. The fourth-order valence-electron chi connectivity index (χ4n) is 1.46. The molecule has 1 fully saturated rings. The Kier molecular flexibility index (Phi) is 2.45. The van der Waals surface area contributed by atoms with Crippen molar-refractivity contribution in [1.29, 1.82) is 0 Å². The Morgan fingerprint density at radius 2 is 1.56 bits per heavy atom. The molecule has 2 unspecified atom stereocenters. The van der Waals surface area contributed by atoms with Crippen molar-refractivity contribution >= 4 is 10.9 Å². The van der Waals surface area contributed by atoms with Gasteiger partial charge < -0.3 is 0 Å². The van der Waals surface area contributed by atoms with E-state index < -0.39 is 0 Å². The van der Waals surface area contributed by atoms with Crippen LogP contribution in [0.1, 0.15) is 33.1 Å². The molecule has 0 amide bonds. The van der Waals surface area contributed by atoms with Crippen molar-refractivity contribution in [3.8, 4) is 0 Å². The van der Waals surface area contributed by atoms with Gasteiger partial charge in [-0.25, -0.2) is 0 Å². The molecule has 1 heterocycles. The van der Waals surface area contributed by atoms with E-state index in [1.165, 1.54) is 19.3 Å². The van der Waals surface area contributed by atoms with E-state index in [0.29, 0.717) is 0 Å². The van der Waals surface area contributed by atoms with Gasteiger partial charge in [-0.15, -0.1) is 0 Å². The fraction of sp³-hybridized carbons (Fsp3) is 1.00. The second kappa shape index (κ2) is 2.96. The minimum atomic E-state index is 0.720. The molecule has 0 bridgehead atoms. The Morgan fingerprint density at radius 1 is 1.11 bits per heavy atom. The maximum Gasteiger partial charge on any atom is 0.115 e. The molecule has 0 spiro atoms. The van der Waals surface area contributed by atoms with Gasteiger partial charge >= 0.3 is 0 Å². The summed E-state index contributed by atoms with van der Waals surface area (Å²) in [4.78, 5) is 0. The SMILES string of the molecule is CC1CCCC(C)[S+]1C. The third kappa shape index (κ3) is 1.64. The average Bonchev–Trinajstić information content (AvgIpc) is 1.83. The van der Waals surface area contributed by atoms with Crippen molar-refractivity contribution in [3.05, 3.63) is 0 Å². The topological polar surface area (TPSA) is 0 Å². The molecule has 1 heteroatoms. The summed E-state index contributed by atoms with van der Waals surface area (Å²) in [6, 6.07) is 0. The highest BCUT2D eigenvalue weighted by atomic mass is 32.2. The zero-order valence-corrected chi connectivity index (χ0v) is 7.50. The first-order valence-electron chi connectivity index (χ1n) is 3.85. The van der Waals surface area contributed by atoms with Gasteiger partial charge in [0.05, 0.1) is 6.26 Å². The number of hydrogen-bond donors (Lipinski definition) is 0. The summed E-state index contributed by atoms with van der Waals surface area (Å²) in [6.45, 7) is 4.80. The first-order chi connectivity index (χ1) is 4.22.